The molecule has 1 aromatic heterocycles. The van der Waals surface area contributed by atoms with E-state index in [1.54, 1.807) is 6.20 Å². The van der Waals surface area contributed by atoms with Crippen LogP contribution in [0, 0.1) is 5.92 Å². The fraction of sp³-hybridized carbons (Fsp3) is 0.429. The number of amides is 1. The normalized spacial score (nSPS) is 12.0. The van der Waals surface area contributed by atoms with Crippen LogP contribution in [0.1, 0.15) is 33.6 Å². The quantitative estimate of drug-likeness (QED) is 0.490. The summed E-state index contributed by atoms with van der Waals surface area (Å²) in [4.78, 5) is 19.4. The maximum absolute atomic E-state index is 12.8. The van der Waals surface area contributed by atoms with E-state index < -0.39 is 0 Å². The molecule has 0 aliphatic heterocycles. The summed E-state index contributed by atoms with van der Waals surface area (Å²) in [5, 5.41) is 3.85. The summed E-state index contributed by atoms with van der Waals surface area (Å²) in [6.45, 7) is 7.79. The van der Waals surface area contributed by atoms with Gasteiger partial charge in [0.1, 0.15) is 0 Å². The number of para-hydroxylation sites is 1. The first-order valence-corrected chi connectivity index (χ1v) is 10.1. The number of rotatable bonds is 10. The van der Waals surface area contributed by atoms with E-state index >= 15 is 0 Å². The van der Waals surface area contributed by atoms with Gasteiger partial charge in [0.2, 0.25) is 5.91 Å². The topological polar surface area (TPSA) is 45.2 Å². The van der Waals surface area contributed by atoms with Crippen LogP contribution in [-0.2, 0) is 4.79 Å². The number of carbonyl (C=O) groups excluding carboxylic acids is 1. The van der Waals surface area contributed by atoms with Crippen molar-refractivity contribution in [3.8, 4) is 0 Å². The molecule has 2 rings (SSSR count). The van der Waals surface area contributed by atoms with Crippen LogP contribution in [-0.4, -0.2) is 29.4 Å². The molecule has 0 spiro atoms. The molecule has 0 aliphatic carbocycles. The Balaban J connectivity index is 2.00. The molecular formula is C21H29N3OS. The molecule has 140 valence electrons. The lowest BCUT2D eigenvalue weighted by molar-refractivity contribution is -0.121. The minimum Gasteiger partial charge on any atom is -0.354 e. The van der Waals surface area contributed by atoms with Gasteiger partial charge in [0, 0.05) is 18.4 Å². The predicted molar refractivity (Wildman–Crippen MR) is 110 cm³/mol. The van der Waals surface area contributed by atoms with Crippen molar-refractivity contribution in [1.82, 2.24) is 10.3 Å². The third-order valence-corrected chi connectivity index (χ3v) is 5.59. The van der Waals surface area contributed by atoms with Crippen molar-refractivity contribution >= 4 is 23.4 Å². The minimum atomic E-state index is -0.159. The molecule has 0 bridgehead atoms. The van der Waals surface area contributed by atoms with Gasteiger partial charge in [-0.15, -0.1) is 0 Å². The number of thioether (sulfide) groups is 1. The Morgan fingerprint density at radius 2 is 1.88 bits per heavy atom. The van der Waals surface area contributed by atoms with E-state index in [1.165, 1.54) is 11.8 Å². The van der Waals surface area contributed by atoms with Crippen LogP contribution in [0.15, 0.2) is 59.8 Å². The molecule has 0 radical (unpaired) electrons. The maximum Gasteiger partial charge on any atom is 0.235 e. The number of hydrogen-bond donors (Lipinski definition) is 1. The lowest BCUT2D eigenvalue weighted by atomic mass is 10.1. The number of carbonyl (C=O) groups is 1. The highest BCUT2D eigenvalue weighted by Gasteiger charge is 2.24. The smallest absolute Gasteiger partial charge is 0.235 e. The molecule has 4 nitrogen and oxygen atoms in total. The molecule has 0 saturated carbocycles. The van der Waals surface area contributed by atoms with Crippen LogP contribution in [0.3, 0.4) is 0 Å². The maximum atomic E-state index is 12.8. The zero-order chi connectivity index (χ0) is 18.8. The first-order chi connectivity index (χ1) is 12.6. The first kappa shape index (κ1) is 20.3. The standard InChI is InChI=1S/C21H29N3OS/c1-4-5-15-24(18-11-7-6-8-12-18)16-23-21(25)20(17(2)3)26-19-13-9-10-14-22-19/h6-14,17,20H,4-5,15-16H2,1-3H3,(H,23,25). The molecule has 2 aromatic rings. The minimum absolute atomic E-state index is 0.0630. The molecular weight excluding hydrogens is 342 g/mol. The SMILES string of the molecule is CCCCN(CNC(=O)C(Sc1ccccn1)C(C)C)c1ccccc1. The monoisotopic (exact) mass is 371 g/mol. The van der Waals surface area contributed by atoms with Crippen molar-refractivity contribution < 1.29 is 4.79 Å². The van der Waals surface area contributed by atoms with Crippen LogP contribution < -0.4 is 10.2 Å². The van der Waals surface area contributed by atoms with Crippen molar-refractivity contribution in [2.45, 2.75) is 43.9 Å². The molecule has 1 amide bonds. The van der Waals surface area contributed by atoms with Crippen molar-refractivity contribution in [3.05, 3.63) is 54.7 Å². The zero-order valence-corrected chi connectivity index (χ0v) is 16.7. The Kier molecular flexibility index (Phi) is 8.48. The van der Waals surface area contributed by atoms with Gasteiger partial charge in [-0.2, -0.15) is 0 Å². The fourth-order valence-electron chi connectivity index (χ4n) is 2.60. The van der Waals surface area contributed by atoms with E-state index in [4.69, 9.17) is 0 Å². The Morgan fingerprint density at radius 3 is 2.50 bits per heavy atom. The summed E-state index contributed by atoms with van der Waals surface area (Å²) in [7, 11) is 0. The van der Waals surface area contributed by atoms with Gasteiger partial charge in [0.15, 0.2) is 0 Å². The Labute approximate surface area is 161 Å². The summed E-state index contributed by atoms with van der Waals surface area (Å²) in [6, 6.07) is 16.0. The summed E-state index contributed by atoms with van der Waals surface area (Å²) in [5.41, 5.74) is 1.14. The molecule has 1 atom stereocenters. The third-order valence-electron chi connectivity index (χ3n) is 4.10. The number of unbranched alkanes of at least 4 members (excludes halogenated alkanes) is 1. The van der Waals surface area contributed by atoms with E-state index in [0.717, 1.165) is 30.1 Å². The lowest BCUT2D eigenvalue weighted by Crippen LogP contribution is -2.43. The Bertz CT molecular complexity index is 649. The average molecular weight is 372 g/mol. The van der Waals surface area contributed by atoms with Crippen LogP contribution in [0.5, 0.6) is 0 Å². The summed E-state index contributed by atoms with van der Waals surface area (Å²) in [6.07, 6.45) is 3.99. The van der Waals surface area contributed by atoms with E-state index in [1.807, 2.05) is 36.4 Å². The molecule has 26 heavy (non-hydrogen) atoms. The van der Waals surface area contributed by atoms with Gasteiger partial charge in [-0.3, -0.25) is 4.79 Å². The van der Waals surface area contributed by atoms with Crippen LogP contribution in [0.25, 0.3) is 0 Å². The fourth-order valence-corrected chi connectivity index (χ4v) is 3.60. The van der Waals surface area contributed by atoms with Crippen LogP contribution in [0.4, 0.5) is 5.69 Å². The van der Waals surface area contributed by atoms with E-state index in [-0.39, 0.29) is 17.1 Å². The van der Waals surface area contributed by atoms with Gasteiger partial charge in [0.25, 0.3) is 0 Å². The van der Waals surface area contributed by atoms with E-state index in [0.29, 0.717) is 6.67 Å². The second-order valence-electron chi connectivity index (χ2n) is 6.60. The van der Waals surface area contributed by atoms with Crippen molar-refractivity contribution in [1.29, 1.82) is 0 Å². The molecule has 1 heterocycles. The average Bonchev–Trinajstić information content (AvgIpc) is 2.67. The predicted octanol–water partition coefficient (Wildman–Crippen LogP) is 4.58. The number of aromatic nitrogens is 1. The van der Waals surface area contributed by atoms with E-state index in [2.05, 4.69) is 48.1 Å². The number of benzene rings is 1. The second kappa shape index (κ2) is 10.9. The lowest BCUT2D eigenvalue weighted by Gasteiger charge is -2.27. The van der Waals surface area contributed by atoms with Crippen molar-refractivity contribution in [3.63, 3.8) is 0 Å². The van der Waals surface area contributed by atoms with Gasteiger partial charge in [-0.25, -0.2) is 4.98 Å². The largest absolute Gasteiger partial charge is 0.354 e. The van der Waals surface area contributed by atoms with Gasteiger partial charge < -0.3 is 10.2 Å². The van der Waals surface area contributed by atoms with Gasteiger partial charge in [-0.05, 0) is 36.6 Å². The summed E-state index contributed by atoms with van der Waals surface area (Å²) < 4.78 is 0. The highest BCUT2D eigenvalue weighted by Crippen LogP contribution is 2.26. The van der Waals surface area contributed by atoms with Gasteiger partial charge in [0.05, 0.1) is 16.9 Å². The number of hydrogen-bond acceptors (Lipinski definition) is 4. The van der Waals surface area contributed by atoms with E-state index in [9.17, 15) is 4.79 Å². The van der Waals surface area contributed by atoms with Gasteiger partial charge >= 0.3 is 0 Å². The summed E-state index contributed by atoms with van der Waals surface area (Å²) in [5.74, 6) is 0.288. The van der Waals surface area contributed by atoms with Crippen LogP contribution >= 0.6 is 11.8 Å². The molecule has 0 fully saturated rings. The van der Waals surface area contributed by atoms with Crippen LogP contribution in [0.2, 0.25) is 0 Å². The molecule has 0 aliphatic rings. The number of anilines is 1. The highest BCUT2D eigenvalue weighted by molar-refractivity contribution is 8.00. The Morgan fingerprint density at radius 1 is 1.15 bits per heavy atom. The third kappa shape index (κ3) is 6.37. The van der Waals surface area contributed by atoms with Gasteiger partial charge in [-0.1, -0.05) is 63.2 Å². The molecule has 0 saturated heterocycles. The summed E-state index contributed by atoms with van der Waals surface area (Å²) >= 11 is 1.53. The second-order valence-corrected chi connectivity index (χ2v) is 7.76. The van der Waals surface area contributed by atoms with Crippen molar-refractivity contribution in [2.24, 2.45) is 5.92 Å². The highest BCUT2D eigenvalue weighted by atomic mass is 32.2. The molecule has 1 unspecified atom stereocenters. The molecule has 1 aromatic carbocycles. The number of nitrogens with zero attached hydrogens (tertiary/aromatic N) is 2. The number of pyridine rings is 1. The number of nitrogens with one attached hydrogen (secondary N) is 1. The van der Waals surface area contributed by atoms with Crippen molar-refractivity contribution in [2.75, 3.05) is 18.1 Å². The molecule has 5 heteroatoms. The Hall–Kier alpha value is -2.01. The zero-order valence-electron chi connectivity index (χ0n) is 15.9. The molecule has 1 N–H and O–H groups in total. The first-order valence-electron chi connectivity index (χ1n) is 9.27.